The van der Waals surface area contributed by atoms with Gasteiger partial charge in [0.2, 0.25) is 10.0 Å². The highest BCUT2D eigenvalue weighted by Crippen LogP contribution is 2.01. The Hall–Kier alpha value is -0.170. The lowest BCUT2D eigenvalue weighted by Gasteiger charge is -2.19. The molecule has 0 aromatic carbocycles. The van der Waals surface area contributed by atoms with Crippen molar-refractivity contribution in [3.05, 3.63) is 0 Å². The topological polar surface area (TPSA) is 61.4 Å². The van der Waals surface area contributed by atoms with E-state index in [-0.39, 0.29) is 11.8 Å². The van der Waals surface area contributed by atoms with Gasteiger partial charge in [-0.2, -0.15) is 0 Å². The summed E-state index contributed by atoms with van der Waals surface area (Å²) in [4.78, 5) is 2.35. The van der Waals surface area contributed by atoms with Crippen molar-refractivity contribution in [1.82, 2.24) is 14.9 Å². The molecule has 0 heterocycles. The minimum Gasteiger partial charge on any atom is -0.319 e. The SMILES string of the molecule is CCN(CC)CCCC(C)NS(=O)(=O)CCNC. The molecule has 0 radical (unpaired) electrons. The molecule has 0 aromatic rings. The maximum Gasteiger partial charge on any atom is 0.213 e. The van der Waals surface area contributed by atoms with Crippen LogP contribution in [0.4, 0.5) is 0 Å². The molecule has 0 aliphatic carbocycles. The number of hydrogen-bond donors (Lipinski definition) is 2. The van der Waals surface area contributed by atoms with Crippen LogP contribution in [0, 0.1) is 0 Å². The van der Waals surface area contributed by atoms with Gasteiger partial charge in [0.25, 0.3) is 0 Å². The first-order valence-electron chi connectivity index (χ1n) is 6.82. The predicted molar refractivity (Wildman–Crippen MR) is 77.3 cm³/mol. The highest BCUT2D eigenvalue weighted by atomic mass is 32.2. The van der Waals surface area contributed by atoms with Crippen LogP contribution in [0.15, 0.2) is 0 Å². The van der Waals surface area contributed by atoms with Gasteiger partial charge in [-0.1, -0.05) is 13.8 Å². The molecule has 1 atom stereocenters. The van der Waals surface area contributed by atoms with Gasteiger partial charge in [-0.05, 0) is 46.4 Å². The number of nitrogens with one attached hydrogen (secondary N) is 2. The summed E-state index contributed by atoms with van der Waals surface area (Å²) in [7, 11) is -1.38. The van der Waals surface area contributed by atoms with Gasteiger partial charge >= 0.3 is 0 Å². The largest absolute Gasteiger partial charge is 0.319 e. The molecule has 110 valence electrons. The first-order valence-corrected chi connectivity index (χ1v) is 8.47. The number of hydrogen-bond acceptors (Lipinski definition) is 4. The van der Waals surface area contributed by atoms with Crippen molar-refractivity contribution in [3.63, 3.8) is 0 Å². The van der Waals surface area contributed by atoms with Crippen molar-refractivity contribution in [1.29, 1.82) is 0 Å². The molecule has 5 nitrogen and oxygen atoms in total. The molecule has 1 unspecified atom stereocenters. The van der Waals surface area contributed by atoms with Gasteiger partial charge in [0.15, 0.2) is 0 Å². The van der Waals surface area contributed by atoms with E-state index in [4.69, 9.17) is 0 Å². The van der Waals surface area contributed by atoms with Crippen LogP contribution in [-0.2, 0) is 10.0 Å². The third-order valence-corrected chi connectivity index (χ3v) is 4.51. The Bertz CT molecular complexity index is 290. The fraction of sp³-hybridized carbons (Fsp3) is 1.00. The van der Waals surface area contributed by atoms with Gasteiger partial charge < -0.3 is 10.2 Å². The molecule has 0 amide bonds. The Labute approximate surface area is 112 Å². The van der Waals surface area contributed by atoms with Gasteiger partial charge in [-0.3, -0.25) is 0 Å². The molecule has 0 bridgehead atoms. The fourth-order valence-electron chi connectivity index (χ4n) is 1.82. The summed E-state index contributed by atoms with van der Waals surface area (Å²) in [5.41, 5.74) is 0. The second-order valence-electron chi connectivity index (χ2n) is 4.61. The van der Waals surface area contributed by atoms with Gasteiger partial charge in [-0.15, -0.1) is 0 Å². The minimum atomic E-state index is -3.13. The van der Waals surface area contributed by atoms with E-state index in [1.165, 1.54) is 0 Å². The zero-order chi connectivity index (χ0) is 14.0. The van der Waals surface area contributed by atoms with E-state index in [1.54, 1.807) is 7.05 Å². The predicted octanol–water partition coefficient (Wildman–Crippen LogP) is 0.636. The van der Waals surface area contributed by atoms with E-state index in [1.807, 2.05) is 6.92 Å². The zero-order valence-electron chi connectivity index (χ0n) is 12.2. The van der Waals surface area contributed by atoms with Crippen molar-refractivity contribution in [3.8, 4) is 0 Å². The van der Waals surface area contributed by atoms with Crippen molar-refractivity contribution in [2.45, 2.75) is 39.7 Å². The molecule has 0 aromatic heterocycles. The molecule has 2 N–H and O–H groups in total. The summed E-state index contributed by atoms with van der Waals surface area (Å²) >= 11 is 0. The van der Waals surface area contributed by atoms with Gasteiger partial charge in [0, 0.05) is 12.6 Å². The Balaban J connectivity index is 3.86. The molecule has 0 rings (SSSR count). The van der Waals surface area contributed by atoms with Crippen molar-refractivity contribution >= 4 is 10.0 Å². The molecule has 0 aliphatic rings. The fourth-order valence-corrected chi connectivity index (χ4v) is 3.14. The van der Waals surface area contributed by atoms with E-state index >= 15 is 0 Å². The zero-order valence-corrected chi connectivity index (χ0v) is 13.0. The maximum absolute atomic E-state index is 11.6. The van der Waals surface area contributed by atoms with E-state index < -0.39 is 10.0 Å². The molecule has 6 heteroatoms. The first-order chi connectivity index (χ1) is 8.45. The standard InChI is InChI=1S/C12H29N3O2S/c1-5-15(6-2)10-7-8-12(3)14-18(16,17)11-9-13-4/h12-14H,5-11H2,1-4H3. The summed E-state index contributed by atoms with van der Waals surface area (Å²) in [6.07, 6.45) is 1.91. The first kappa shape index (κ1) is 17.8. The quantitative estimate of drug-likeness (QED) is 0.582. The Morgan fingerprint density at radius 2 is 1.83 bits per heavy atom. The average molecular weight is 279 g/mol. The van der Waals surface area contributed by atoms with E-state index in [2.05, 4.69) is 28.8 Å². The van der Waals surface area contributed by atoms with Crippen LogP contribution in [0.2, 0.25) is 0 Å². The second-order valence-corrected chi connectivity index (χ2v) is 6.48. The Morgan fingerprint density at radius 3 is 2.33 bits per heavy atom. The van der Waals surface area contributed by atoms with E-state index in [9.17, 15) is 8.42 Å². The molecule has 0 saturated carbocycles. The molecule has 18 heavy (non-hydrogen) atoms. The number of sulfonamides is 1. The van der Waals surface area contributed by atoms with Crippen LogP contribution in [0.25, 0.3) is 0 Å². The number of rotatable bonds is 11. The van der Waals surface area contributed by atoms with E-state index in [0.29, 0.717) is 6.54 Å². The van der Waals surface area contributed by atoms with Crippen LogP contribution in [-0.4, -0.2) is 58.3 Å². The van der Waals surface area contributed by atoms with Crippen molar-refractivity contribution < 1.29 is 8.42 Å². The lowest BCUT2D eigenvalue weighted by molar-refractivity contribution is 0.293. The molecular formula is C12H29N3O2S. The lowest BCUT2D eigenvalue weighted by atomic mass is 10.2. The lowest BCUT2D eigenvalue weighted by Crippen LogP contribution is -2.37. The highest BCUT2D eigenvalue weighted by Gasteiger charge is 2.13. The monoisotopic (exact) mass is 279 g/mol. The maximum atomic E-state index is 11.6. The van der Waals surface area contributed by atoms with Gasteiger partial charge in [0.1, 0.15) is 0 Å². The summed E-state index contributed by atoms with van der Waals surface area (Å²) in [6.45, 7) is 9.86. The van der Waals surface area contributed by atoms with Crippen molar-refractivity contribution in [2.75, 3.05) is 39.0 Å². The minimum absolute atomic E-state index is 0.0161. The number of nitrogens with zero attached hydrogens (tertiary/aromatic N) is 1. The molecule has 0 aliphatic heterocycles. The summed E-state index contributed by atoms with van der Waals surface area (Å²) in [5.74, 6) is 0.143. The van der Waals surface area contributed by atoms with Gasteiger partial charge in [-0.25, -0.2) is 13.1 Å². The molecule has 0 spiro atoms. The van der Waals surface area contributed by atoms with Crippen molar-refractivity contribution in [2.24, 2.45) is 0 Å². The van der Waals surface area contributed by atoms with E-state index in [0.717, 1.165) is 32.5 Å². The Morgan fingerprint density at radius 1 is 1.22 bits per heavy atom. The van der Waals surface area contributed by atoms with Crippen LogP contribution in [0.1, 0.15) is 33.6 Å². The molecule has 0 fully saturated rings. The third-order valence-electron chi connectivity index (χ3n) is 3.01. The second kappa shape index (κ2) is 9.72. The third kappa shape index (κ3) is 8.85. The summed E-state index contributed by atoms with van der Waals surface area (Å²) in [5, 5.41) is 2.84. The molecular weight excluding hydrogens is 250 g/mol. The summed E-state index contributed by atoms with van der Waals surface area (Å²) < 4.78 is 26.0. The van der Waals surface area contributed by atoms with Gasteiger partial charge in [0.05, 0.1) is 5.75 Å². The smallest absolute Gasteiger partial charge is 0.213 e. The van der Waals surface area contributed by atoms with Crippen LogP contribution in [0.5, 0.6) is 0 Å². The normalized spacial score (nSPS) is 14.1. The average Bonchev–Trinajstić information content (AvgIpc) is 2.31. The van der Waals surface area contributed by atoms with Crippen LogP contribution < -0.4 is 10.0 Å². The summed E-state index contributed by atoms with van der Waals surface area (Å²) in [6, 6.07) is 0.0161. The van der Waals surface area contributed by atoms with Crippen LogP contribution >= 0.6 is 0 Å². The molecule has 0 saturated heterocycles. The van der Waals surface area contributed by atoms with Crippen LogP contribution in [0.3, 0.4) is 0 Å². The Kier molecular flexibility index (Phi) is 9.63. The highest BCUT2D eigenvalue weighted by molar-refractivity contribution is 7.89.